The number of piperidine rings is 1. The first-order valence-corrected chi connectivity index (χ1v) is 10.6. The van der Waals surface area contributed by atoms with Gasteiger partial charge in [-0.2, -0.15) is 0 Å². The van der Waals surface area contributed by atoms with Crippen molar-refractivity contribution in [3.8, 4) is 22.5 Å². The fourth-order valence-electron chi connectivity index (χ4n) is 4.51. The minimum atomic E-state index is 0.280. The lowest BCUT2D eigenvalue weighted by molar-refractivity contribution is 0.501. The van der Waals surface area contributed by atoms with Crippen LogP contribution in [-0.2, 0) is 0 Å². The number of fused-ring (bicyclic) bond motifs is 1. The van der Waals surface area contributed by atoms with Crippen molar-refractivity contribution >= 4 is 16.7 Å². The van der Waals surface area contributed by atoms with Crippen LogP contribution >= 0.6 is 0 Å². The van der Waals surface area contributed by atoms with Crippen LogP contribution in [0.3, 0.4) is 0 Å². The van der Waals surface area contributed by atoms with Gasteiger partial charge in [-0.1, -0.05) is 41.5 Å². The van der Waals surface area contributed by atoms with Crippen LogP contribution in [-0.4, -0.2) is 34.1 Å². The lowest BCUT2D eigenvalue weighted by Crippen LogP contribution is -2.40. The summed E-state index contributed by atoms with van der Waals surface area (Å²) in [4.78, 5) is 15.5. The predicted molar refractivity (Wildman–Crippen MR) is 124 cm³/mol. The molecule has 0 aliphatic carbocycles. The van der Waals surface area contributed by atoms with E-state index >= 15 is 0 Å². The van der Waals surface area contributed by atoms with E-state index in [1.54, 1.807) is 0 Å². The van der Waals surface area contributed by atoms with Crippen molar-refractivity contribution in [2.45, 2.75) is 32.7 Å². The molecule has 1 aliphatic rings. The molecule has 2 aromatic heterocycles. The lowest BCUT2D eigenvalue weighted by Gasteiger charge is -2.34. The molecule has 2 aromatic carbocycles. The summed E-state index contributed by atoms with van der Waals surface area (Å²) in [7, 11) is 0. The number of benzene rings is 2. The predicted octanol–water partition coefficient (Wildman–Crippen LogP) is 4.84. The van der Waals surface area contributed by atoms with Gasteiger partial charge in [-0.15, -0.1) is 0 Å². The summed E-state index contributed by atoms with van der Waals surface area (Å²) < 4.78 is 0. The largest absolute Gasteiger partial charge is 0.370 e. The van der Waals surface area contributed by atoms with Crippen LogP contribution in [0.2, 0.25) is 0 Å². The molecule has 30 heavy (non-hydrogen) atoms. The number of nitrogens with zero attached hydrogens (tertiary/aromatic N) is 3. The van der Waals surface area contributed by atoms with E-state index in [0.717, 1.165) is 53.9 Å². The van der Waals surface area contributed by atoms with E-state index in [2.05, 4.69) is 53.0 Å². The Labute approximate surface area is 177 Å². The molecule has 1 fully saturated rings. The normalized spacial score (nSPS) is 15.1. The Morgan fingerprint density at radius 1 is 0.967 bits per heavy atom. The van der Waals surface area contributed by atoms with E-state index in [0.29, 0.717) is 0 Å². The summed E-state index contributed by atoms with van der Waals surface area (Å²) in [6.07, 6.45) is 5.92. The Morgan fingerprint density at radius 2 is 1.67 bits per heavy atom. The highest BCUT2D eigenvalue weighted by molar-refractivity contribution is 5.91. The summed E-state index contributed by atoms with van der Waals surface area (Å²) in [5.74, 6) is 0.861. The highest BCUT2D eigenvalue weighted by atomic mass is 15.2. The third-order valence-electron chi connectivity index (χ3n) is 5.95. The zero-order valence-corrected chi connectivity index (χ0v) is 17.5. The molecule has 1 saturated heterocycles. The number of nitrogens with one attached hydrogen (secondary N) is 1. The van der Waals surface area contributed by atoms with Gasteiger partial charge in [-0.25, -0.2) is 4.98 Å². The fraction of sp³-hybridized carbons (Fsp3) is 0.280. The second kappa shape index (κ2) is 7.58. The van der Waals surface area contributed by atoms with Gasteiger partial charge in [0.15, 0.2) is 0 Å². The maximum atomic E-state index is 6.21. The van der Waals surface area contributed by atoms with E-state index < -0.39 is 0 Å². The van der Waals surface area contributed by atoms with E-state index in [1.165, 1.54) is 22.4 Å². The molecule has 5 rings (SSSR count). The maximum Gasteiger partial charge on any atom is 0.142 e. The van der Waals surface area contributed by atoms with Crippen LogP contribution in [0.5, 0.6) is 0 Å². The molecule has 5 heteroatoms. The van der Waals surface area contributed by atoms with Gasteiger partial charge in [0, 0.05) is 37.1 Å². The van der Waals surface area contributed by atoms with Gasteiger partial charge in [0.2, 0.25) is 0 Å². The third kappa shape index (κ3) is 3.46. The van der Waals surface area contributed by atoms with Gasteiger partial charge in [0.05, 0.1) is 22.3 Å². The number of aryl methyl sites for hydroxylation is 2. The Kier molecular flexibility index (Phi) is 4.75. The minimum absolute atomic E-state index is 0.280. The number of imidazole rings is 1. The molecule has 5 nitrogen and oxygen atoms in total. The number of nitrogens with two attached hydrogens (primary N) is 1. The number of para-hydroxylation sites is 2. The first-order chi connectivity index (χ1) is 14.6. The Balaban J connectivity index is 1.72. The second-order valence-corrected chi connectivity index (χ2v) is 8.39. The molecular formula is C25H27N5. The van der Waals surface area contributed by atoms with E-state index in [1.807, 2.05) is 30.6 Å². The minimum Gasteiger partial charge on any atom is -0.370 e. The molecule has 0 spiro atoms. The molecule has 1 aliphatic heterocycles. The van der Waals surface area contributed by atoms with Crippen LogP contribution in [0, 0.1) is 13.8 Å². The first kappa shape index (κ1) is 18.8. The van der Waals surface area contributed by atoms with Crippen molar-refractivity contribution in [3.05, 3.63) is 66.0 Å². The number of anilines is 1. The summed E-state index contributed by atoms with van der Waals surface area (Å²) in [5, 5.41) is 0. The first-order valence-electron chi connectivity index (χ1n) is 10.6. The molecule has 0 bridgehead atoms. The van der Waals surface area contributed by atoms with Crippen molar-refractivity contribution in [1.82, 2.24) is 15.0 Å². The van der Waals surface area contributed by atoms with Crippen molar-refractivity contribution < 1.29 is 0 Å². The molecule has 3 N–H and O–H groups in total. The maximum absolute atomic E-state index is 6.21. The third-order valence-corrected chi connectivity index (χ3v) is 5.95. The molecule has 0 atom stereocenters. The summed E-state index contributed by atoms with van der Waals surface area (Å²) >= 11 is 0. The van der Waals surface area contributed by atoms with Crippen molar-refractivity contribution in [1.29, 1.82) is 0 Å². The SMILES string of the molecule is Cc1cc(C)cc(-c2cncc(-c3nc4ccccc4[nH]3)c2N2CCC(N)CC2)c1. The summed E-state index contributed by atoms with van der Waals surface area (Å²) in [6, 6.07) is 15.1. The van der Waals surface area contributed by atoms with Gasteiger partial charge in [-0.3, -0.25) is 4.98 Å². The standard InChI is InChI=1S/C25H27N5/c1-16-11-17(2)13-18(12-16)20-14-27-15-21(24(20)30-9-7-19(26)8-10-30)25-28-22-5-3-4-6-23(22)29-25/h3-6,11-15,19H,7-10,26H2,1-2H3,(H,28,29). The molecule has 0 unspecified atom stereocenters. The number of hydrogen-bond acceptors (Lipinski definition) is 4. The molecule has 0 saturated carbocycles. The van der Waals surface area contributed by atoms with Crippen LogP contribution in [0.4, 0.5) is 5.69 Å². The second-order valence-electron chi connectivity index (χ2n) is 8.39. The average molecular weight is 398 g/mol. The van der Waals surface area contributed by atoms with Crippen molar-refractivity contribution in [2.75, 3.05) is 18.0 Å². The van der Waals surface area contributed by atoms with E-state index in [9.17, 15) is 0 Å². The molecule has 152 valence electrons. The van der Waals surface area contributed by atoms with Gasteiger partial charge < -0.3 is 15.6 Å². The Hall–Kier alpha value is -3.18. The lowest BCUT2D eigenvalue weighted by atomic mass is 9.96. The quantitative estimate of drug-likeness (QED) is 0.519. The fourth-order valence-corrected chi connectivity index (χ4v) is 4.51. The topological polar surface area (TPSA) is 70.8 Å². The van der Waals surface area contributed by atoms with E-state index in [-0.39, 0.29) is 6.04 Å². The molecule has 3 heterocycles. The zero-order valence-electron chi connectivity index (χ0n) is 17.5. The number of aromatic amines is 1. The number of aromatic nitrogens is 3. The van der Waals surface area contributed by atoms with Crippen LogP contribution in [0.1, 0.15) is 24.0 Å². The zero-order chi connectivity index (χ0) is 20.7. The van der Waals surface area contributed by atoms with Crippen LogP contribution < -0.4 is 10.6 Å². The van der Waals surface area contributed by atoms with Crippen LogP contribution in [0.15, 0.2) is 54.9 Å². The van der Waals surface area contributed by atoms with Gasteiger partial charge in [0.25, 0.3) is 0 Å². The van der Waals surface area contributed by atoms with Gasteiger partial charge in [-0.05, 0) is 44.4 Å². The average Bonchev–Trinajstić information content (AvgIpc) is 3.17. The smallest absolute Gasteiger partial charge is 0.142 e. The monoisotopic (exact) mass is 397 g/mol. The Bertz CT molecular complexity index is 1150. The summed E-state index contributed by atoms with van der Waals surface area (Å²) in [5.41, 5.74) is 15.3. The van der Waals surface area contributed by atoms with Crippen molar-refractivity contribution in [2.24, 2.45) is 5.73 Å². The highest BCUT2D eigenvalue weighted by Gasteiger charge is 2.24. The molecule has 0 amide bonds. The highest BCUT2D eigenvalue weighted by Crippen LogP contribution is 2.40. The van der Waals surface area contributed by atoms with E-state index in [4.69, 9.17) is 10.7 Å². The van der Waals surface area contributed by atoms with Crippen LogP contribution in [0.25, 0.3) is 33.5 Å². The molecule has 4 aromatic rings. The summed E-state index contributed by atoms with van der Waals surface area (Å²) in [6.45, 7) is 6.17. The number of hydrogen-bond donors (Lipinski definition) is 2. The number of H-pyrrole nitrogens is 1. The number of pyridine rings is 1. The van der Waals surface area contributed by atoms with Gasteiger partial charge in [0.1, 0.15) is 5.82 Å². The molecular weight excluding hydrogens is 370 g/mol. The number of rotatable bonds is 3. The molecule has 0 radical (unpaired) electrons. The Morgan fingerprint density at radius 3 is 2.40 bits per heavy atom. The van der Waals surface area contributed by atoms with Gasteiger partial charge >= 0.3 is 0 Å². The van der Waals surface area contributed by atoms with Crippen molar-refractivity contribution in [3.63, 3.8) is 0 Å².